The van der Waals surface area contributed by atoms with Crippen molar-refractivity contribution in [3.63, 3.8) is 0 Å². The molecule has 1 aromatic carbocycles. The lowest BCUT2D eigenvalue weighted by Crippen LogP contribution is -2.44. The number of halogens is 1. The normalized spacial score (nSPS) is 15.1. The molecule has 6 nitrogen and oxygen atoms in total. The molecule has 1 aliphatic heterocycles. The van der Waals surface area contributed by atoms with Gasteiger partial charge in [0.05, 0.1) is 12.7 Å². The van der Waals surface area contributed by atoms with Crippen molar-refractivity contribution in [2.24, 2.45) is 5.92 Å². The van der Waals surface area contributed by atoms with E-state index in [0.717, 1.165) is 6.54 Å². The van der Waals surface area contributed by atoms with E-state index >= 15 is 0 Å². The Labute approximate surface area is 154 Å². The second kappa shape index (κ2) is 9.06. The average molecular weight is 368 g/mol. The molecule has 1 aliphatic rings. The lowest BCUT2D eigenvalue weighted by Gasteiger charge is -2.33. The summed E-state index contributed by atoms with van der Waals surface area (Å²) in [5.41, 5.74) is 0.464. The van der Waals surface area contributed by atoms with E-state index in [-0.39, 0.29) is 17.7 Å². The predicted molar refractivity (Wildman–Crippen MR) is 98.2 cm³/mol. The van der Waals surface area contributed by atoms with Crippen molar-refractivity contribution in [3.05, 3.63) is 28.8 Å². The molecule has 0 atom stereocenters. The molecule has 0 aromatic heterocycles. The van der Waals surface area contributed by atoms with Crippen molar-refractivity contribution in [2.45, 2.75) is 12.8 Å². The van der Waals surface area contributed by atoms with E-state index in [4.69, 9.17) is 16.3 Å². The van der Waals surface area contributed by atoms with Gasteiger partial charge in [-0.15, -0.1) is 0 Å². The van der Waals surface area contributed by atoms with Crippen LogP contribution in [0.5, 0.6) is 5.75 Å². The zero-order chi connectivity index (χ0) is 18.4. The molecule has 2 amide bonds. The highest BCUT2D eigenvalue weighted by Gasteiger charge is 2.30. The molecule has 25 heavy (non-hydrogen) atoms. The topological polar surface area (TPSA) is 61.9 Å². The van der Waals surface area contributed by atoms with Gasteiger partial charge in [0.1, 0.15) is 5.75 Å². The molecule has 0 bridgehead atoms. The number of ether oxygens (including phenoxy) is 1. The Morgan fingerprint density at radius 1 is 1.36 bits per heavy atom. The van der Waals surface area contributed by atoms with Gasteiger partial charge in [0, 0.05) is 44.2 Å². The zero-order valence-electron chi connectivity index (χ0n) is 15.0. The molecule has 7 heteroatoms. The maximum absolute atomic E-state index is 12.8. The Hall–Kier alpha value is -1.79. The predicted octanol–water partition coefficient (Wildman–Crippen LogP) is 1.88. The molecule has 138 valence electrons. The highest BCUT2D eigenvalue weighted by atomic mass is 35.5. The van der Waals surface area contributed by atoms with Crippen molar-refractivity contribution in [1.82, 2.24) is 15.1 Å². The molecule has 0 aliphatic carbocycles. The first-order valence-corrected chi connectivity index (χ1v) is 8.88. The Morgan fingerprint density at radius 3 is 2.64 bits per heavy atom. The first-order valence-electron chi connectivity index (χ1n) is 8.50. The van der Waals surface area contributed by atoms with Crippen molar-refractivity contribution in [3.8, 4) is 5.75 Å². The minimum atomic E-state index is -0.103. The summed E-state index contributed by atoms with van der Waals surface area (Å²) in [4.78, 5) is 28.8. The number of piperidine rings is 1. The van der Waals surface area contributed by atoms with E-state index in [1.54, 1.807) is 28.0 Å². The van der Waals surface area contributed by atoms with Crippen LogP contribution in [0.25, 0.3) is 0 Å². The Balaban J connectivity index is 1.97. The van der Waals surface area contributed by atoms with Crippen molar-refractivity contribution >= 4 is 23.4 Å². The molecule has 1 aromatic rings. The third-order valence-electron chi connectivity index (χ3n) is 4.60. The maximum atomic E-state index is 12.8. The van der Waals surface area contributed by atoms with Crippen LogP contribution in [0.15, 0.2) is 18.2 Å². The Bertz CT molecular complexity index is 616. The fourth-order valence-electron chi connectivity index (χ4n) is 3.05. The van der Waals surface area contributed by atoms with Gasteiger partial charge in [-0.05, 0) is 38.1 Å². The number of nitrogens with zero attached hydrogens (tertiary/aromatic N) is 2. The van der Waals surface area contributed by atoms with Gasteiger partial charge in [-0.2, -0.15) is 0 Å². The number of hydrogen-bond donors (Lipinski definition) is 1. The van der Waals surface area contributed by atoms with E-state index in [1.807, 2.05) is 14.1 Å². The summed E-state index contributed by atoms with van der Waals surface area (Å²) in [7, 11) is 5.23. The molecule has 1 heterocycles. The Kier molecular flexibility index (Phi) is 7.08. The number of carbonyl (C=O) groups excluding carboxylic acids is 2. The van der Waals surface area contributed by atoms with Gasteiger partial charge in [-0.25, -0.2) is 0 Å². The van der Waals surface area contributed by atoms with Crippen LogP contribution in [0, 0.1) is 5.92 Å². The van der Waals surface area contributed by atoms with E-state index < -0.39 is 0 Å². The Morgan fingerprint density at radius 2 is 2.04 bits per heavy atom. The summed E-state index contributed by atoms with van der Waals surface area (Å²) in [6.45, 7) is 2.58. The quantitative estimate of drug-likeness (QED) is 0.834. The van der Waals surface area contributed by atoms with Gasteiger partial charge >= 0.3 is 0 Å². The van der Waals surface area contributed by atoms with Gasteiger partial charge in [0.15, 0.2) is 0 Å². The first kappa shape index (κ1) is 19.5. The lowest BCUT2D eigenvalue weighted by molar-refractivity contribution is -0.135. The van der Waals surface area contributed by atoms with Crippen molar-refractivity contribution in [1.29, 1.82) is 0 Å². The molecular weight excluding hydrogens is 342 g/mol. The lowest BCUT2D eigenvalue weighted by atomic mass is 9.95. The summed E-state index contributed by atoms with van der Waals surface area (Å²) in [6.07, 6.45) is 1.36. The summed E-state index contributed by atoms with van der Waals surface area (Å²) >= 11 is 6.02. The fraction of sp³-hybridized carbons (Fsp3) is 0.556. The summed E-state index contributed by atoms with van der Waals surface area (Å²) in [6, 6.07) is 5.02. The monoisotopic (exact) mass is 367 g/mol. The number of carbonyl (C=O) groups is 2. The largest absolute Gasteiger partial charge is 0.496 e. The zero-order valence-corrected chi connectivity index (χ0v) is 15.8. The van der Waals surface area contributed by atoms with E-state index in [9.17, 15) is 9.59 Å². The molecule has 0 radical (unpaired) electrons. The second-order valence-electron chi connectivity index (χ2n) is 6.27. The highest BCUT2D eigenvalue weighted by molar-refractivity contribution is 6.31. The SMILES string of the molecule is CNCCN(C)C(=O)C1CCN(C(=O)c2cc(Cl)ccc2OC)CC1. The van der Waals surface area contributed by atoms with E-state index in [2.05, 4.69) is 5.32 Å². The molecule has 0 saturated carbocycles. The number of amides is 2. The second-order valence-corrected chi connectivity index (χ2v) is 6.71. The number of rotatable bonds is 6. The number of benzene rings is 1. The van der Waals surface area contributed by atoms with Crippen molar-refractivity contribution < 1.29 is 14.3 Å². The van der Waals surface area contributed by atoms with Crippen molar-refractivity contribution in [2.75, 3.05) is 47.4 Å². The van der Waals surface area contributed by atoms with Gasteiger partial charge < -0.3 is 19.9 Å². The van der Waals surface area contributed by atoms with Gasteiger partial charge in [0.25, 0.3) is 5.91 Å². The number of nitrogens with one attached hydrogen (secondary N) is 1. The molecule has 0 unspecified atom stereocenters. The van der Waals surface area contributed by atoms with Gasteiger partial charge in [-0.3, -0.25) is 9.59 Å². The van der Waals surface area contributed by atoms with Crippen LogP contribution in [-0.4, -0.2) is 69.0 Å². The van der Waals surface area contributed by atoms with Crippen LogP contribution in [0.2, 0.25) is 5.02 Å². The molecule has 1 N–H and O–H groups in total. The average Bonchev–Trinajstić information content (AvgIpc) is 2.65. The van der Waals surface area contributed by atoms with Crippen LogP contribution >= 0.6 is 11.6 Å². The van der Waals surface area contributed by atoms with Gasteiger partial charge in [-0.1, -0.05) is 11.6 Å². The van der Waals surface area contributed by atoms with Crippen LogP contribution in [0.4, 0.5) is 0 Å². The molecular formula is C18H26ClN3O3. The van der Waals surface area contributed by atoms with Crippen LogP contribution in [-0.2, 0) is 4.79 Å². The highest BCUT2D eigenvalue weighted by Crippen LogP contribution is 2.26. The summed E-state index contributed by atoms with van der Waals surface area (Å²) in [5.74, 6) is 0.544. The van der Waals surface area contributed by atoms with E-state index in [1.165, 1.54) is 7.11 Å². The number of hydrogen-bond acceptors (Lipinski definition) is 4. The summed E-state index contributed by atoms with van der Waals surface area (Å²) in [5, 5.41) is 3.54. The third kappa shape index (κ3) is 4.86. The summed E-state index contributed by atoms with van der Waals surface area (Å²) < 4.78 is 5.27. The van der Waals surface area contributed by atoms with Crippen LogP contribution in [0.3, 0.4) is 0 Å². The minimum Gasteiger partial charge on any atom is -0.496 e. The third-order valence-corrected chi connectivity index (χ3v) is 4.83. The van der Waals surface area contributed by atoms with E-state index in [0.29, 0.717) is 48.8 Å². The van der Waals surface area contributed by atoms with Crippen LogP contribution < -0.4 is 10.1 Å². The number of likely N-dealkylation sites (N-methyl/N-ethyl adjacent to an activating group) is 2. The molecule has 1 saturated heterocycles. The van der Waals surface area contributed by atoms with Crippen LogP contribution in [0.1, 0.15) is 23.2 Å². The minimum absolute atomic E-state index is 0.0211. The van der Waals surface area contributed by atoms with Gasteiger partial charge in [0.2, 0.25) is 5.91 Å². The standard InChI is InChI=1S/C18H26ClN3O3/c1-20-8-11-21(2)17(23)13-6-9-22(10-7-13)18(24)15-12-14(19)4-5-16(15)25-3/h4-5,12-13,20H,6-11H2,1-3H3. The molecule has 2 rings (SSSR count). The number of likely N-dealkylation sites (tertiary alicyclic amines) is 1. The maximum Gasteiger partial charge on any atom is 0.257 e. The smallest absolute Gasteiger partial charge is 0.257 e. The molecule has 1 fully saturated rings. The first-order chi connectivity index (χ1) is 12.0. The fourth-order valence-corrected chi connectivity index (χ4v) is 3.22. The number of methoxy groups -OCH3 is 1. The molecule has 0 spiro atoms.